The Hall–Kier alpha value is -3.31. The van der Waals surface area contributed by atoms with Crippen LogP contribution < -0.4 is 4.74 Å². The molecule has 2 aromatic rings. The highest BCUT2D eigenvalue weighted by Gasteiger charge is 2.17. The first-order valence-corrected chi connectivity index (χ1v) is 9.38. The van der Waals surface area contributed by atoms with E-state index in [2.05, 4.69) is 11.3 Å². The van der Waals surface area contributed by atoms with E-state index in [9.17, 15) is 9.90 Å². The summed E-state index contributed by atoms with van der Waals surface area (Å²) < 4.78 is 15.2. The van der Waals surface area contributed by atoms with Crippen LogP contribution in [-0.4, -0.2) is 31.1 Å². The lowest BCUT2D eigenvalue weighted by atomic mass is 10.1. The van der Waals surface area contributed by atoms with Crippen molar-refractivity contribution in [1.82, 2.24) is 0 Å². The average Bonchev–Trinajstić information content (AvgIpc) is 2.73. The van der Waals surface area contributed by atoms with Crippen molar-refractivity contribution >= 4 is 18.1 Å². The molecule has 0 atom stereocenters. The van der Waals surface area contributed by atoms with Crippen LogP contribution >= 0.6 is 0 Å². The summed E-state index contributed by atoms with van der Waals surface area (Å²) in [5.74, 6) is 0.0646. The van der Waals surface area contributed by atoms with E-state index in [1.165, 1.54) is 7.11 Å². The Bertz CT molecular complexity index is 859. The van der Waals surface area contributed by atoms with Crippen LogP contribution in [0.5, 0.6) is 11.5 Å². The normalized spacial score (nSPS) is 11.1. The zero-order chi connectivity index (χ0) is 22.6. The van der Waals surface area contributed by atoms with Crippen molar-refractivity contribution in [2.75, 3.05) is 14.2 Å². The van der Waals surface area contributed by atoms with Crippen LogP contribution in [0.1, 0.15) is 31.9 Å². The molecule has 5 heteroatoms. The quantitative estimate of drug-likeness (QED) is 0.278. The van der Waals surface area contributed by atoms with Gasteiger partial charge in [-0.3, -0.25) is 0 Å². The smallest absolute Gasteiger partial charge is 0.332 e. The van der Waals surface area contributed by atoms with Gasteiger partial charge in [0.15, 0.2) is 0 Å². The number of benzene rings is 2. The number of esters is 1. The van der Waals surface area contributed by atoms with Gasteiger partial charge in [-0.15, -0.1) is 0 Å². The molecule has 0 aromatic heterocycles. The molecule has 5 nitrogen and oxygen atoms in total. The highest BCUT2D eigenvalue weighted by atomic mass is 16.7. The molecular formula is C25H30O5. The molecule has 1 N–H and O–H groups in total. The number of carbonyl (C=O) groups excluding carboxylic acids is 1. The minimum absolute atomic E-state index is 0.275. The van der Waals surface area contributed by atoms with Crippen LogP contribution in [0, 0.1) is 0 Å². The summed E-state index contributed by atoms with van der Waals surface area (Å²) >= 11 is 0. The summed E-state index contributed by atoms with van der Waals surface area (Å²) in [6.45, 7) is 8.69. The Morgan fingerprint density at radius 3 is 1.77 bits per heavy atom. The lowest BCUT2D eigenvalue weighted by Crippen LogP contribution is -2.30. The van der Waals surface area contributed by atoms with Gasteiger partial charge in [-0.05, 0) is 42.3 Å². The maximum Gasteiger partial charge on any atom is 0.332 e. The van der Waals surface area contributed by atoms with Crippen molar-refractivity contribution in [1.29, 1.82) is 0 Å². The van der Waals surface area contributed by atoms with E-state index in [1.54, 1.807) is 26.2 Å². The predicted molar refractivity (Wildman–Crippen MR) is 121 cm³/mol. The molecule has 160 valence electrons. The number of rotatable bonds is 7. The Morgan fingerprint density at radius 2 is 1.40 bits per heavy atom. The highest BCUT2D eigenvalue weighted by Crippen LogP contribution is 2.20. The largest absolute Gasteiger partial charge is 0.508 e. The molecule has 2 aromatic carbocycles. The zero-order valence-corrected chi connectivity index (χ0v) is 18.2. The topological polar surface area (TPSA) is 65.0 Å². The molecule has 0 radical (unpaired) electrons. The van der Waals surface area contributed by atoms with Crippen molar-refractivity contribution in [2.45, 2.75) is 26.6 Å². The van der Waals surface area contributed by atoms with Gasteiger partial charge in [0.05, 0.1) is 7.11 Å². The van der Waals surface area contributed by atoms with E-state index in [0.29, 0.717) is 5.57 Å². The van der Waals surface area contributed by atoms with Crippen LogP contribution in [-0.2, 0) is 14.3 Å². The molecule has 30 heavy (non-hydrogen) atoms. The predicted octanol–water partition coefficient (Wildman–Crippen LogP) is 5.62. The first-order chi connectivity index (χ1) is 14.2. The van der Waals surface area contributed by atoms with Crippen LogP contribution in [0.3, 0.4) is 0 Å². The second-order valence-electron chi connectivity index (χ2n) is 6.86. The van der Waals surface area contributed by atoms with E-state index in [0.717, 1.165) is 16.9 Å². The van der Waals surface area contributed by atoms with Gasteiger partial charge in [-0.1, -0.05) is 55.1 Å². The number of hydrogen-bond donors (Lipinski definition) is 1. The van der Waals surface area contributed by atoms with E-state index >= 15 is 0 Å². The molecule has 0 heterocycles. The fourth-order valence-corrected chi connectivity index (χ4v) is 2.07. The maximum atomic E-state index is 10.2. The molecule has 0 spiro atoms. The highest BCUT2D eigenvalue weighted by molar-refractivity contribution is 5.86. The molecule has 0 aliphatic rings. The number of aromatic hydroxyl groups is 1. The van der Waals surface area contributed by atoms with Gasteiger partial charge in [0.2, 0.25) is 5.79 Å². The molecule has 0 aliphatic heterocycles. The standard InChI is InChI=1S/C20H22O3.C5H8O2/c1-20(2,22-3)23-19-14-10-17(11-15-19)7-5-4-6-16-8-12-18(21)13-9-16;1-4(2)5(6)7-3/h4-15,21H,1-3H3;1H2,2-3H3. The van der Waals surface area contributed by atoms with E-state index < -0.39 is 5.79 Å². The summed E-state index contributed by atoms with van der Waals surface area (Å²) in [5, 5.41) is 9.23. The van der Waals surface area contributed by atoms with Gasteiger partial charge in [0.25, 0.3) is 0 Å². The number of carbonyl (C=O) groups is 1. The fourth-order valence-electron chi connectivity index (χ4n) is 2.07. The molecule has 0 aliphatic carbocycles. The van der Waals surface area contributed by atoms with Crippen molar-refractivity contribution in [3.05, 3.63) is 84.0 Å². The molecule has 2 rings (SSSR count). The Kier molecular flexibility index (Phi) is 10.1. The summed E-state index contributed by atoms with van der Waals surface area (Å²) in [6, 6.07) is 14.9. The second kappa shape index (κ2) is 12.3. The van der Waals surface area contributed by atoms with E-state index in [4.69, 9.17) is 9.47 Å². The third-order valence-electron chi connectivity index (χ3n) is 3.85. The minimum atomic E-state index is -0.635. The second-order valence-corrected chi connectivity index (χ2v) is 6.86. The van der Waals surface area contributed by atoms with Crippen LogP contribution in [0.2, 0.25) is 0 Å². The number of phenols is 1. The lowest BCUT2D eigenvalue weighted by Gasteiger charge is -2.24. The molecule has 0 bridgehead atoms. The van der Waals surface area contributed by atoms with Crippen LogP contribution in [0.25, 0.3) is 12.2 Å². The summed E-state index contributed by atoms with van der Waals surface area (Å²) in [6.07, 6.45) is 7.93. The zero-order valence-electron chi connectivity index (χ0n) is 18.2. The minimum Gasteiger partial charge on any atom is -0.508 e. The van der Waals surface area contributed by atoms with Crippen molar-refractivity contribution in [3.63, 3.8) is 0 Å². The van der Waals surface area contributed by atoms with Crippen molar-refractivity contribution < 1.29 is 24.1 Å². The Morgan fingerprint density at radius 1 is 0.933 bits per heavy atom. The molecule has 0 saturated carbocycles. The third kappa shape index (κ3) is 9.75. The van der Waals surface area contributed by atoms with Crippen LogP contribution in [0.4, 0.5) is 0 Å². The average molecular weight is 411 g/mol. The maximum absolute atomic E-state index is 10.2. The van der Waals surface area contributed by atoms with Crippen molar-refractivity contribution in [3.8, 4) is 11.5 Å². The number of ether oxygens (including phenoxy) is 3. The molecule has 0 unspecified atom stereocenters. The van der Waals surface area contributed by atoms with Gasteiger partial charge in [0.1, 0.15) is 11.5 Å². The number of phenolic OH excluding ortho intramolecular Hbond substituents is 1. The van der Waals surface area contributed by atoms with E-state index in [-0.39, 0.29) is 11.7 Å². The summed E-state index contributed by atoms with van der Waals surface area (Å²) in [5.41, 5.74) is 2.56. The monoisotopic (exact) mass is 410 g/mol. The van der Waals surface area contributed by atoms with Gasteiger partial charge >= 0.3 is 5.97 Å². The SMILES string of the molecule is C=C(C)C(=O)OC.COC(C)(C)Oc1ccc(C=CC=Cc2ccc(O)cc2)cc1. The van der Waals surface area contributed by atoms with Gasteiger partial charge < -0.3 is 19.3 Å². The van der Waals surface area contributed by atoms with Gasteiger partial charge in [-0.2, -0.15) is 0 Å². The third-order valence-corrected chi connectivity index (χ3v) is 3.85. The first-order valence-electron chi connectivity index (χ1n) is 9.38. The van der Waals surface area contributed by atoms with E-state index in [1.807, 2.05) is 74.5 Å². The number of methoxy groups -OCH3 is 2. The molecular weight excluding hydrogens is 380 g/mol. The fraction of sp³-hybridized carbons (Fsp3) is 0.240. The van der Waals surface area contributed by atoms with Gasteiger partial charge in [0, 0.05) is 26.5 Å². The Labute approximate surface area is 178 Å². The molecule has 0 fully saturated rings. The van der Waals surface area contributed by atoms with Crippen LogP contribution in [0.15, 0.2) is 72.8 Å². The molecule has 0 saturated heterocycles. The summed E-state index contributed by atoms with van der Waals surface area (Å²) in [7, 11) is 2.95. The van der Waals surface area contributed by atoms with Gasteiger partial charge in [-0.25, -0.2) is 4.79 Å². The Balaban J connectivity index is 0.000000553. The van der Waals surface area contributed by atoms with Crippen molar-refractivity contribution in [2.24, 2.45) is 0 Å². The first kappa shape index (κ1) is 24.7. The summed E-state index contributed by atoms with van der Waals surface area (Å²) in [4.78, 5) is 10.2. The lowest BCUT2D eigenvalue weighted by molar-refractivity contribution is -0.136. The number of hydrogen-bond acceptors (Lipinski definition) is 5. The molecule has 0 amide bonds. The number of allylic oxidation sites excluding steroid dienone is 2.